The first-order valence-corrected chi connectivity index (χ1v) is 10.8. The molecule has 0 spiro atoms. The molecule has 5 rings (SSSR count). The van der Waals surface area contributed by atoms with Gasteiger partial charge in [-0.15, -0.1) is 0 Å². The summed E-state index contributed by atoms with van der Waals surface area (Å²) in [4.78, 5) is 19.7. The van der Waals surface area contributed by atoms with E-state index in [0.29, 0.717) is 17.0 Å². The van der Waals surface area contributed by atoms with E-state index in [1.807, 2.05) is 0 Å². The minimum absolute atomic E-state index is 0.0723. The zero-order valence-corrected chi connectivity index (χ0v) is 18.9. The molecule has 4 heterocycles. The molecule has 0 bridgehead atoms. The van der Waals surface area contributed by atoms with Gasteiger partial charge in [0.25, 0.3) is 0 Å². The lowest BCUT2D eigenvalue weighted by molar-refractivity contribution is -0.117. The molecule has 3 N–H and O–H groups in total. The third-order valence-electron chi connectivity index (χ3n) is 5.62. The fourth-order valence-electron chi connectivity index (χ4n) is 3.85. The Morgan fingerprint density at radius 1 is 1.19 bits per heavy atom. The standard InChI is InChI=1S/C23H20F2N8O3/c1-31-23(35)14(8-20(26)34)12-33(31)22-16(25)10-27-21(28-22)18-9-19(17-6-7-36-30-17)32(29-18)11-13-4-2-3-5-15(13)24/h2-7,9-10,12,23,35H,8,11H2,1H3,(H2,26,34). The highest BCUT2D eigenvalue weighted by atomic mass is 19.1. The van der Waals surface area contributed by atoms with Crippen molar-refractivity contribution < 1.29 is 23.2 Å². The molecule has 1 aromatic carbocycles. The van der Waals surface area contributed by atoms with Crippen LogP contribution >= 0.6 is 0 Å². The lowest BCUT2D eigenvalue weighted by Crippen LogP contribution is -2.39. The van der Waals surface area contributed by atoms with Gasteiger partial charge < -0.3 is 15.4 Å². The summed E-state index contributed by atoms with van der Waals surface area (Å²) >= 11 is 0. The summed E-state index contributed by atoms with van der Waals surface area (Å²) in [5.74, 6) is -1.90. The molecule has 3 aromatic heterocycles. The molecule has 0 radical (unpaired) electrons. The van der Waals surface area contributed by atoms with Crippen molar-refractivity contribution in [3.05, 3.63) is 77.8 Å². The van der Waals surface area contributed by atoms with Crippen molar-refractivity contribution in [2.24, 2.45) is 5.73 Å². The minimum Gasteiger partial charge on any atom is -0.373 e. The van der Waals surface area contributed by atoms with Crippen LogP contribution < -0.4 is 10.7 Å². The van der Waals surface area contributed by atoms with E-state index < -0.39 is 23.8 Å². The second kappa shape index (κ2) is 9.28. The normalized spacial score (nSPS) is 15.9. The maximum Gasteiger partial charge on any atom is 0.221 e. The van der Waals surface area contributed by atoms with Crippen molar-refractivity contribution in [2.45, 2.75) is 19.2 Å². The van der Waals surface area contributed by atoms with E-state index in [-0.39, 0.29) is 35.9 Å². The van der Waals surface area contributed by atoms with Gasteiger partial charge in [0.1, 0.15) is 29.7 Å². The number of rotatable bonds is 7. The number of likely N-dealkylation sites (N-methyl/N-ethyl adjacent to an activating group) is 1. The topological polar surface area (TPSA) is 139 Å². The SMILES string of the molecule is CN1C(O)C(CC(N)=O)=CN1c1nc(-c2cc(-c3ccon3)n(Cc3ccccc3F)n2)ncc1F. The Hall–Kier alpha value is -4.49. The van der Waals surface area contributed by atoms with E-state index in [0.717, 1.165) is 6.20 Å². The molecule has 11 nitrogen and oxygen atoms in total. The molecule has 1 aliphatic rings. The average Bonchev–Trinajstić information content (AvgIpc) is 3.58. The lowest BCUT2D eigenvalue weighted by atomic mass is 10.2. The van der Waals surface area contributed by atoms with Crippen LogP contribution in [0.4, 0.5) is 14.6 Å². The van der Waals surface area contributed by atoms with E-state index >= 15 is 0 Å². The zero-order chi connectivity index (χ0) is 25.4. The average molecular weight is 494 g/mol. The fraction of sp³-hybridized carbons (Fsp3) is 0.174. The predicted octanol–water partition coefficient (Wildman–Crippen LogP) is 2.07. The quantitative estimate of drug-likeness (QED) is 0.395. The number of primary amides is 1. The zero-order valence-electron chi connectivity index (χ0n) is 18.9. The molecule has 1 aliphatic heterocycles. The van der Waals surface area contributed by atoms with Crippen molar-refractivity contribution in [2.75, 3.05) is 12.1 Å². The highest BCUT2D eigenvalue weighted by Crippen LogP contribution is 2.30. The molecular formula is C23H20F2N8O3. The number of aliphatic hydroxyl groups excluding tert-OH is 1. The number of hydrogen-bond acceptors (Lipinski definition) is 9. The van der Waals surface area contributed by atoms with Crippen LogP contribution in [-0.2, 0) is 11.3 Å². The smallest absolute Gasteiger partial charge is 0.221 e. The molecule has 13 heteroatoms. The van der Waals surface area contributed by atoms with Gasteiger partial charge in [-0.25, -0.2) is 18.7 Å². The van der Waals surface area contributed by atoms with Crippen molar-refractivity contribution in [1.29, 1.82) is 0 Å². The number of carbonyl (C=O) groups is 1. The van der Waals surface area contributed by atoms with E-state index in [4.69, 9.17) is 10.3 Å². The molecule has 1 atom stereocenters. The second-order valence-electron chi connectivity index (χ2n) is 8.05. The largest absolute Gasteiger partial charge is 0.373 e. The van der Waals surface area contributed by atoms with Gasteiger partial charge >= 0.3 is 0 Å². The van der Waals surface area contributed by atoms with Crippen LogP contribution in [0, 0.1) is 11.6 Å². The molecular weight excluding hydrogens is 474 g/mol. The van der Waals surface area contributed by atoms with E-state index in [2.05, 4.69) is 20.2 Å². The number of benzene rings is 1. The molecule has 1 unspecified atom stereocenters. The first-order valence-electron chi connectivity index (χ1n) is 10.8. The molecule has 0 saturated heterocycles. The van der Waals surface area contributed by atoms with Gasteiger partial charge in [-0.3, -0.25) is 14.5 Å². The molecule has 0 saturated carbocycles. The predicted molar refractivity (Wildman–Crippen MR) is 122 cm³/mol. The van der Waals surface area contributed by atoms with E-state index in [1.54, 1.807) is 30.3 Å². The summed E-state index contributed by atoms with van der Waals surface area (Å²) in [5.41, 5.74) is 7.16. The number of nitrogens with zero attached hydrogens (tertiary/aromatic N) is 7. The Morgan fingerprint density at radius 3 is 2.72 bits per heavy atom. The maximum atomic E-state index is 14.8. The van der Waals surface area contributed by atoms with Crippen LogP contribution in [0.5, 0.6) is 0 Å². The van der Waals surface area contributed by atoms with Gasteiger partial charge in [0.05, 0.1) is 24.9 Å². The van der Waals surface area contributed by atoms with Crippen LogP contribution in [0.25, 0.3) is 22.9 Å². The van der Waals surface area contributed by atoms with Crippen LogP contribution in [0.15, 0.2) is 65.2 Å². The summed E-state index contributed by atoms with van der Waals surface area (Å²) < 4.78 is 35.6. The minimum atomic E-state index is -1.19. The van der Waals surface area contributed by atoms with E-state index in [9.17, 15) is 18.7 Å². The molecule has 1 amide bonds. The Kier molecular flexibility index (Phi) is 6.00. The number of nitrogens with two attached hydrogens (primary N) is 1. The highest BCUT2D eigenvalue weighted by Gasteiger charge is 2.32. The van der Waals surface area contributed by atoms with Gasteiger partial charge in [0.2, 0.25) is 5.91 Å². The second-order valence-corrected chi connectivity index (χ2v) is 8.05. The van der Waals surface area contributed by atoms with Crippen molar-refractivity contribution in [1.82, 2.24) is 29.9 Å². The third kappa shape index (κ3) is 4.32. The summed E-state index contributed by atoms with van der Waals surface area (Å²) in [6.45, 7) is 0.0865. The van der Waals surface area contributed by atoms with Gasteiger partial charge in [0.15, 0.2) is 17.5 Å². The van der Waals surface area contributed by atoms with Gasteiger partial charge in [-0.05, 0) is 12.1 Å². The molecule has 4 aromatic rings. The number of aliphatic hydroxyl groups is 1. The fourth-order valence-corrected chi connectivity index (χ4v) is 3.85. The van der Waals surface area contributed by atoms with Crippen LogP contribution in [-0.4, -0.2) is 54.2 Å². The van der Waals surface area contributed by atoms with Crippen molar-refractivity contribution in [3.63, 3.8) is 0 Å². The van der Waals surface area contributed by atoms with Crippen LogP contribution in [0.3, 0.4) is 0 Å². The first kappa shape index (κ1) is 23.3. The molecule has 0 fully saturated rings. The summed E-state index contributed by atoms with van der Waals surface area (Å²) in [6, 6.07) is 9.56. The number of carbonyl (C=O) groups excluding carboxylic acids is 1. The number of hydrazine groups is 1. The van der Waals surface area contributed by atoms with Gasteiger partial charge in [-0.2, -0.15) is 10.1 Å². The lowest BCUT2D eigenvalue weighted by Gasteiger charge is -2.27. The van der Waals surface area contributed by atoms with Gasteiger partial charge in [-0.1, -0.05) is 23.4 Å². The number of anilines is 1. The number of aromatic nitrogens is 5. The molecule has 0 aliphatic carbocycles. The number of hydrogen-bond donors (Lipinski definition) is 2. The van der Waals surface area contributed by atoms with Crippen molar-refractivity contribution in [3.8, 4) is 22.9 Å². The Balaban J connectivity index is 1.55. The third-order valence-corrected chi connectivity index (χ3v) is 5.62. The monoisotopic (exact) mass is 494 g/mol. The number of amides is 1. The van der Waals surface area contributed by atoms with Crippen molar-refractivity contribution >= 4 is 11.7 Å². The summed E-state index contributed by atoms with van der Waals surface area (Å²) in [6.07, 6.45) is 2.37. The highest BCUT2D eigenvalue weighted by molar-refractivity contribution is 5.77. The summed E-state index contributed by atoms with van der Waals surface area (Å²) in [7, 11) is 1.50. The Labute approximate surface area is 203 Å². The number of halogens is 2. The van der Waals surface area contributed by atoms with Gasteiger partial charge in [0, 0.05) is 30.5 Å². The molecule has 36 heavy (non-hydrogen) atoms. The van der Waals surface area contributed by atoms with E-state index in [1.165, 1.54) is 40.3 Å². The first-order chi connectivity index (χ1) is 17.3. The summed E-state index contributed by atoms with van der Waals surface area (Å²) in [5, 5.41) is 21.4. The molecule has 184 valence electrons. The maximum absolute atomic E-state index is 14.8. The Morgan fingerprint density at radius 2 is 2.00 bits per heavy atom. The van der Waals surface area contributed by atoms with Crippen LogP contribution in [0.2, 0.25) is 0 Å². The van der Waals surface area contributed by atoms with Crippen LogP contribution in [0.1, 0.15) is 12.0 Å². The Bertz CT molecular complexity index is 1450.